The SMILES string of the molecule is Cc1nc(N(C)CCOC(=O)c2ccc(/C=C3\SC(=O)NC3=O)cc2)sc1C. The van der Waals surface area contributed by atoms with Crippen LogP contribution in [0.1, 0.15) is 26.5 Å². The minimum Gasteiger partial charge on any atom is -0.460 e. The van der Waals surface area contributed by atoms with Crippen LogP contribution < -0.4 is 10.2 Å². The van der Waals surface area contributed by atoms with Crippen LogP contribution in [0.2, 0.25) is 0 Å². The van der Waals surface area contributed by atoms with Crippen LogP contribution in [0, 0.1) is 13.8 Å². The number of amides is 2. The van der Waals surface area contributed by atoms with E-state index in [1.165, 1.54) is 4.88 Å². The first kappa shape index (κ1) is 20.1. The average molecular weight is 418 g/mol. The molecular weight excluding hydrogens is 398 g/mol. The number of carbonyl (C=O) groups is 3. The monoisotopic (exact) mass is 417 g/mol. The standard InChI is InChI=1S/C19H19N3O4S2/c1-11-12(2)27-18(20-11)22(3)8-9-26-17(24)14-6-4-13(5-7-14)10-15-16(23)21-19(25)28-15/h4-7,10H,8-9H2,1-3H3,(H,21,23,25)/b15-10-. The van der Waals surface area contributed by atoms with Gasteiger partial charge in [-0.3, -0.25) is 14.9 Å². The maximum absolute atomic E-state index is 12.2. The van der Waals surface area contributed by atoms with Crippen LogP contribution in [-0.2, 0) is 9.53 Å². The van der Waals surface area contributed by atoms with Gasteiger partial charge in [0.1, 0.15) is 6.61 Å². The molecule has 1 N–H and O–H groups in total. The number of aromatic nitrogens is 1. The zero-order valence-corrected chi connectivity index (χ0v) is 17.3. The topological polar surface area (TPSA) is 88.6 Å². The maximum Gasteiger partial charge on any atom is 0.338 e. The van der Waals surface area contributed by atoms with Gasteiger partial charge in [-0.25, -0.2) is 9.78 Å². The van der Waals surface area contributed by atoms with Gasteiger partial charge in [0, 0.05) is 11.9 Å². The van der Waals surface area contributed by atoms with Crippen molar-refractivity contribution in [3.63, 3.8) is 0 Å². The number of likely N-dealkylation sites (N-methyl/N-ethyl adjacent to an activating group) is 1. The van der Waals surface area contributed by atoms with E-state index >= 15 is 0 Å². The summed E-state index contributed by atoms with van der Waals surface area (Å²) < 4.78 is 5.33. The summed E-state index contributed by atoms with van der Waals surface area (Å²) in [5.41, 5.74) is 2.15. The molecule has 1 aromatic carbocycles. The maximum atomic E-state index is 12.2. The van der Waals surface area contributed by atoms with Crippen LogP contribution in [0.5, 0.6) is 0 Å². The fraction of sp³-hybridized carbons (Fsp3) is 0.263. The molecule has 0 spiro atoms. The lowest BCUT2D eigenvalue weighted by Crippen LogP contribution is -2.23. The number of benzene rings is 1. The number of rotatable bonds is 6. The van der Waals surface area contributed by atoms with Crippen molar-refractivity contribution in [1.82, 2.24) is 10.3 Å². The number of hydrogen-bond acceptors (Lipinski definition) is 8. The molecule has 0 saturated carbocycles. The van der Waals surface area contributed by atoms with Gasteiger partial charge in [0.15, 0.2) is 5.13 Å². The second-order valence-corrected chi connectivity index (χ2v) is 8.37. The highest BCUT2D eigenvalue weighted by atomic mass is 32.2. The van der Waals surface area contributed by atoms with E-state index in [4.69, 9.17) is 4.74 Å². The second-order valence-electron chi connectivity index (χ2n) is 6.17. The Hall–Kier alpha value is -2.65. The Morgan fingerprint density at radius 1 is 1.25 bits per heavy atom. The molecule has 1 fully saturated rings. The van der Waals surface area contributed by atoms with Crippen LogP contribution in [-0.4, -0.2) is 42.3 Å². The van der Waals surface area contributed by atoms with E-state index in [2.05, 4.69) is 10.3 Å². The van der Waals surface area contributed by atoms with E-state index in [1.54, 1.807) is 41.7 Å². The molecule has 1 aromatic heterocycles. The molecular formula is C19H19N3O4S2. The van der Waals surface area contributed by atoms with E-state index < -0.39 is 11.9 Å². The molecule has 9 heteroatoms. The summed E-state index contributed by atoms with van der Waals surface area (Å²) in [6, 6.07) is 6.66. The van der Waals surface area contributed by atoms with Crippen molar-refractivity contribution < 1.29 is 19.1 Å². The Morgan fingerprint density at radius 3 is 2.54 bits per heavy atom. The smallest absolute Gasteiger partial charge is 0.338 e. The number of anilines is 1. The fourth-order valence-electron chi connectivity index (χ4n) is 2.36. The molecule has 1 aliphatic rings. The molecule has 1 saturated heterocycles. The van der Waals surface area contributed by atoms with Crippen molar-refractivity contribution in [3.05, 3.63) is 50.9 Å². The fourth-order valence-corrected chi connectivity index (χ4v) is 3.94. The van der Waals surface area contributed by atoms with Crippen molar-refractivity contribution >= 4 is 51.4 Å². The predicted octanol–water partition coefficient (Wildman–Crippen LogP) is 3.38. The highest BCUT2D eigenvalue weighted by Crippen LogP contribution is 2.26. The second kappa shape index (κ2) is 8.57. The Morgan fingerprint density at radius 2 is 1.96 bits per heavy atom. The summed E-state index contributed by atoms with van der Waals surface area (Å²) in [4.78, 5) is 42.9. The van der Waals surface area contributed by atoms with Gasteiger partial charge in [0.25, 0.3) is 11.1 Å². The normalized spacial score (nSPS) is 15.0. The van der Waals surface area contributed by atoms with Crippen LogP contribution in [0.3, 0.4) is 0 Å². The van der Waals surface area contributed by atoms with Crippen molar-refractivity contribution in [2.24, 2.45) is 0 Å². The first-order valence-corrected chi connectivity index (χ1v) is 10.1. The van der Waals surface area contributed by atoms with Crippen molar-refractivity contribution in [1.29, 1.82) is 0 Å². The van der Waals surface area contributed by atoms with E-state index in [9.17, 15) is 14.4 Å². The lowest BCUT2D eigenvalue weighted by atomic mass is 10.1. The molecule has 0 radical (unpaired) electrons. The summed E-state index contributed by atoms with van der Waals surface area (Å²) in [6.07, 6.45) is 1.60. The molecule has 0 atom stereocenters. The number of thiazole rings is 1. The number of thioether (sulfide) groups is 1. The summed E-state index contributed by atoms with van der Waals surface area (Å²) in [5.74, 6) is -0.824. The number of aryl methyl sites for hydroxylation is 2. The molecule has 7 nitrogen and oxygen atoms in total. The van der Waals surface area contributed by atoms with Crippen LogP contribution in [0.25, 0.3) is 6.08 Å². The van der Waals surface area contributed by atoms with Crippen molar-refractivity contribution in [2.75, 3.05) is 25.1 Å². The largest absolute Gasteiger partial charge is 0.460 e. The molecule has 1 aliphatic heterocycles. The molecule has 3 rings (SSSR count). The summed E-state index contributed by atoms with van der Waals surface area (Å²) in [7, 11) is 1.91. The highest BCUT2D eigenvalue weighted by Gasteiger charge is 2.24. The minimum absolute atomic E-state index is 0.248. The molecule has 2 heterocycles. The predicted molar refractivity (Wildman–Crippen MR) is 111 cm³/mol. The van der Waals surface area contributed by atoms with Gasteiger partial charge < -0.3 is 9.64 Å². The quantitative estimate of drug-likeness (QED) is 0.569. The van der Waals surface area contributed by atoms with Crippen molar-refractivity contribution in [3.8, 4) is 0 Å². The first-order chi connectivity index (χ1) is 13.3. The lowest BCUT2D eigenvalue weighted by Gasteiger charge is -2.15. The Bertz CT molecular complexity index is 931. The highest BCUT2D eigenvalue weighted by molar-refractivity contribution is 8.18. The zero-order valence-electron chi connectivity index (χ0n) is 15.6. The van der Waals surface area contributed by atoms with E-state index in [0.29, 0.717) is 17.0 Å². The van der Waals surface area contributed by atoms with Gasteiger partial charge in [-0.1, -0.05) is 12.1 Å². The van der Waals surface area contributed by atoms with Gasteiger partial charge in [-0.15, -0.1) is 11.3 Å². The molecule has 0 unspecified atom stereocenters. The lowest BCUT2D eigenvalue weighted by molar-refractivity contribution is -0.115. The van der Waals surface area contributed by atoms with Gasteiger partial charge in [-0.2, -0.15) is 0 Å². The minimum atomic E-state index is -0.415. The zero-order chi connectivity index (χ0) is 20.3. The summed E-state index contributed by atoms with van der Waals surface area (Å²) in [6.45, 7) is 4.79. The number of ether oxygens (including phenoxy) is 1. The summed E-state index contributed by atoms with van der Waals surface area (Å²) in [5, 5.41) is 2.71. The molecule has 28 heavy (non-hydrogen) atoms. The van der Waals surface area contributed by atoms with Gasteiger partial charge in [0.2, 0.25) is 0 Å². The molecule has 0 bridgehead atoms. The summed E-state index contributed by atoms with van der Waals surface area (Å²) >= 11 is 2.46. The average Bonchev–Trinajstić information content (AvgIpc) is 3.16. The molecule has 146 valence electrons. The Balaban J connectivity index is 1.52. The molecule has 0 aliphatic carbocycles. The van der Waals surface area contributed by atoms with Gasteiger partial charge in [-0.05, 0) is 49.4 Å². The number of carbonyl (C=O) groups excluding carboxylic acids is 3. The molecule has 2 aromatic rings. The van der Waals surface area contributed by atoms with E-state index in [-0.39, 0.29) is 11.8 Å². The Labute approximate surface area is 170 Å². The first-order valence-electron chi connectivity index (χ1n) is 8.50. The number of nitrogens with one attached hydrogen (secondary N) is 1. The third-order valence-corrected chi connectivity index (χ3v) is 6.09. The van der Waals surface area contributed by atoms with Gasteiger partial charge >= 0.3 is 5.97 Å². The van der Waals surface area contributed by atoms with Crippen LogP contribution in [0.15, 0.2) is 29.2 Å². The van der Waals surface area contributed by atoms with Crippen molar-refractivity contribution in [2.45, 2.75) is 13.8 Å². The third kappa shape index (κ3) is 4.79. The van der Waals surface area contributed by atoms with E-state index in [0.717, 1.165) is 28.2 Å². The molecule has 2 amide bonds. The van der Waals surface area contributed by atoms with Crippen LogP contribution in [0.4, 0.5) is 9.93 Å². The number of esters is 1. The van der Waals surface area contributed by atoms with E-state index in [1.807, 2.05) is 25.8 Å². The number of imide groups is 1. The third-order valence-electron chi connectivity index (χ3n) is 4.09. The van der Waals surface area contributed by atoms with Crippen LogP contribution >= 0.6 is 23.1 Å². The van der Waals surface area contributed by atoms with Gasteiger partial charge in [0.05, 0.1) is 22.7 Å². The Kier molecular flexibility index (Phi) is 6.15. The number of nitrogens with zero attached hydrogens (tertiary/aromatic N) is 2. The number of hydrogen-bond donors (Lipinski definition) is 1.